The number of hydrogen-bond donors (Lipinski definition) is 1. The summed E-state index contributed by atoms with van der Waals surface area (Å²) in [5, 5.41) is 12.0. The number of hydrogen-bond acceptors (Lipinski definition) is 4. The normalized spacial score (nSPS) is 19.0. The third-order valence-corrected chi connectivity index (χ3v) is 7.54. The molecule has 0 spiro atoms. The molecule has 0 saturated heterocycles. The number of imidazole rings is 1. The molecule has 0 radical (unpaired) electrons. The van der Waals surface area contributed by atoms with Crippen molar-refractivity contribution in [3.05, 3.63) is 47.0 Å². The Morgan fingerprint density at radius 3 is 2.42 bits per heavy atom. The molecule has 0 unspecified atom stereocenters. The van der Waals surface area contributed by atoms with Gasteiger partial charge in [-0.3, -0.25) is 0 Å². The van der Waals surface area contributed by atoms with Gasteiger partial charge in [0.05, 0.1) is 18.2 Å². The van der Waals surface area contributed by atoms with Gasteiger partial charge in [-0.1, -0.05) is 23.8 Å². The first-order valence-corrected chi connectivity index (χ1v) is 11.7. The highest BCUT2D eigenvalue weighted by molar-refractivity contribution is 5.89. The van der Waals surface area contributed by atoms with Crippen molar-refractivity contribution >= 4 is 22.7 Å². The van der Waals surface area contributed by atoms with E-state index in [1.54, 1.807) is 7.11 Å². The summed E-state index contributed by atoms with van der Waals surface area (Å²) < 4.78 is 8.07. The summed E-state index contributed by atoms with van der Waals surface area (Å²) in [4.78, 5) is 7.47. The molecule has 162 valence electrons. The molecule has 2 aliphatic carbocycles. The van der Waals surface area contributed by atoms with E-state index in [4.69, 9.17) is 9.72 Å². The molecule has 2 fully saturated rings. The molecule has 5 heteroatoms. The minimum Gasteiger partial charge on any atom is -0.494 e. The van der Waals surface area contributed by atoms with Crippen LogP contribution in [0.2, 0.25) is 0 Å². The number of aliphatic hydroxyl groups is 1. The van der Waals surface area contributed by atoms with E-state index >= 15 is 0 Å². The predicted molar refractivity (Wildman–Crippen MR) is 123 cm³/mol. The van der Waals surface area contributed by atoms with Gasteiger partial charge in [0.25, 0.3) is 0 Å². The molecule has 31 heavy (non-hydrogen) atoms. The van der Waals surface area contributed by atoms with Gasteiger partial charge in [0, 0.05) is 24.3 Å². The van der Waals surface area contributed by atoms with E-state index in [1.807, 2.05) is 6.07 Å². The summed E-state index contributed by atoms with van der Waals surface area (Å²) in [6, 6.07) is 10.7. The Bertz CT molecular complexity index is 1160. The van der Waals surface area contributed by atoms with E-state index in [9.17, 15) is 5.11 Å². The van der Waals surface area contributed by atoms with Crippen LogP contribution >= 0.6 is 0 Å². The summed E-state index contributed by atoms with van der Waals surface area (Å²) in [5.74, 6) is 2.51. The second-order valence-electron chi connectivity index (χ2n) is 9.75. The molecule has 1 N–H and O–H groups in total. The van der Waals surface area contributed by atoms with Crippen LogP contribution in [-0.4, -0.2) is 28.3 Å². The number of aromatic nitrogens is 2. The van der Waals surface area contributed by atoms with Crippen molar-refractivity contribution in [2.45, 2.75) is 58.1 Å². The molecule has 0 amide bonds. The van der Waals surface area contributed by atoms with Crippen molar-refractivity contribution < 1.29 is 9.84 Å². The molecule has 2 aromatic carbocycles. The first kappa shape index (κ1) is 19.2. The fourth-order valence-electron chi connectivity index (χ4n) is 5.75. The summed E-state index contributed by atoms with van der Waals surface area (Å²) in [5.41, 5.74) is 6.03. The van der Waals surface area contributed by atoms with Gasteiger partial charge in [0.15, 0.2) is 0 Å². The average molecular weight is 418 g/mol. The van der Waals surface area contributed by atoms with Gasteiger partial charge in [-0.05, 0) is 75.5 Å². The summed E-state index contributed by atoms with van der Waals surface area (Å²) in [6.45, 7) is 6.17. The average Bonchev–Trinajstić information content (AvgIpc) is 3.67. The smallest absolute Gasteiger partial charge is 0.211 e. The zero-order valence-corrected chi connectivity index (χ0v) is 18.7. The number of aryl methyl sites for hydroxylation is 3. The number of methoxy groups -OCH3 is 1. The maximum absolute atomic E-state index is 12.0. The van der Waals surface area contributed by atoms with E-state index in [2.05, 4.69) is 47.6 Å². The highest BCUT2D eigenvalue weighted by atomic mass is 16.5. The number of ether oxygens (including phenoxy) is 1. The van der Waals surface area contributed by atoms with Crippen LogP contribution in [0, 0.1) is 25.7 Å². The molecule has 3 aliphatic rings. The van der Waals surface area contributed by atoms with E-state index in [0.29, 0.717) is 11.8 Å². The first-order valence-electron chi connectivity index (χ1n) is 11.7. The van der Waals surface area contributed by atoms with Crippen LogP contribution in [0.3, 0.4) is 0 Å². The zero-order chi connectivity index (χ0) is 21.3. The highest BCUT2D eigenvalue weighted by Gasteiger charge is 2.55. The third-order valence-electron chi connectivity index (χ3n) is 7.54. The Kier molecular flexibility index (Phi) is 4.16. The van der Waals surface area contributed by atoms with Crippen molar-refractivity contribution in [2.75, 3.05) is 18.6 Å². The Labute approximate surface area is 183 Å². The second-order valence-corrected chi connectivity index (χ2v) is 9.75. The van der Waals surface area contributed by atoms with Crippen LogP contribution in [0.25, 0.3) is 11.0 Å². The van der Waals surface area contributed by atoms with E-state index in [0.717, 1.165) is 73.5 Å². The van der Waals surface area contributed by atoms with Crippen LogP contribution in [0.4, 0.5) is 11.6 Å². The van der Waals surface area contributed by atoms with Crippen LogP contribution in [-0.2, 0) is 12.1 Å². The van der Waals surface area contributed by atoms with Gasteiger partial charge in [-0.25, -0.2) is 4.98 Å². The molecule has 2 saturated carbocycles. The number of benzene rings is 2. The van der Waals surface area contributed by atoms with E-state index in [-0.39, 0.29) is 0 Å². The van der Waals surface area contributed by atoms with Gasteiger partial charge in [0.1, 0.15) is 11.3 Å². The number of rotatable bonds is 5. The molecule has 6 rings (SSSR count). The van der Waals surface area contributed by atoms with Crippen molar-refractivity contribution in [1.29, 1.82) is 0 Å². The fraction of sp³-hybridized carbons (Fsp3) is 0.500. The molecule has 0 bridgehead atoms. The first-order chi connectivity index (χ1) is 15.0. The predicted octanol–water partition coefficient (Wildman–Crippen LogP) is 5.21. The van der Waals surface area contributed by atoms with E-state index in [1.165, 1.54) is 16.8 Å². The molecule has 5 nitrogen and oxygen atoms in total. The van der Waals surface area contributed by atoms with Gasteiger partial charge in [0.2, 0.25) is 5.95 Å². The van der Waals surface area contributed by atoms with Gasteiger partial charge in [-0.2, -0.15) is 0 Å². The van der Waals surface area contributed by atoms with Crippen molar-refractivity contribution in [3.63, 3.8) is 0 Å². The minimum absolute atomic E-state index is 0.377. The molecular formula is C26H31N3O2. The maximum atomic E-state index is 12.0. The molecule has 1 aromatic heterocycles. The lowest BCUT2D eigenvalue weighted by Crippen LogP contribution is -2.33. The Hall–Kier alpha value is -2.53. The lowest BCUT2D eigenvalue weighted by atomic mass is 9.83. The van der Waals surface area contributed by atoms with E-state index < -0.39 is 5.60 Å². The highest BCUT2D eigenvalue weighted by Crippen LogP contribution is 2.59. The van der Waals surface area contributed by atoms with Crippen molar-refractivity contribution in [2.24, 2.45) is 11.8 Å². The fourth-order valence-corrected chi connectivity index (χ4v) is 5.75. The number of anilines is 2. The standard InChI is InChI=1S/C26H31N3O2/c1-16-5-11-21(17(2)15-16)28-13-4-14-29-24-20(26(30,18-6-7-18)19-8-9-19)10-12-22(31-3)23(24)27-25(28)29/h5,10-12,15,18-19,30H,4,6-9,13-14H2,1-3H3. The van der Waals surface area contributed by atoms with Crippen LogP contribution in [0.5, 0.6) is 5.75 Å². The Balaban J connectivity index is 1.59. The number of nitrogens with zero attached hydrogens (tertiary/aromatic N) is 3. The van der Waals surface area contributed by atoms with Crippen LogP contribution in [0.15, 0.2) is 30.3 Å². The van der Waals surface area contributed by atoms with Gasteiger partial charge >= 0.3 is 0 Å². The van der Waals surface area contributed by atoms with Crippen LogP contribution in [0.1, 0.15) is 48.8 Å². The molecular weight excluding hydrogens is 386 g/mol. The third kappa shape index (κ3) is 2.82. The second kappa shape index (κ2) is 6.73. The lowest BCUT2D eigenvalue weighted by Gasteiger charge is -2.33. The lowest BCUT2D eigenvalue weighted by molar-refractivity contribution is -0.00909. The topological polar surface area (TPSA) is 50.5 Å². The van der Waals surface area contributed by atoms with Crippen LogP contribution < -0.4 is 9.64 Å². The monoisotopic (exact) mass is 417 g/mol. The van der Waals surface area contributed by atoms with Gasteiger partial charge < -0.3 is 19.3 Å². The Morgan fingerprint density at radius 2 is 1.77 bits per heavy atom. The van der Waals surface area contributed by atoms with Crippen molar-refractivity contribution in [3.8, 4) is 5.75 Å². The largest absolute Gasteiger partial charge is 0.494 e. The summed E-state index contributed by atoms with van der Waals surface area (Å²) >= 11 is 0. The molecule has 0 atom stereocenters. The summed E-state index contributed by atoms with van der Waals surface area (Å²) in [7, 11) is 1.71. The molecule has 1 aliphatic heterocycles. The SMILES string of the molecule is COc1ccc(C(O)(C2CC2)C2CC2)c2c1nc1n2CCCN1c1ccc(C)cc1C. The number of fused-ring (bicyclic) bond motifs is 3. The Morgan fingerprint density at radius 1 is 1.03 bits per heavy atom. The zero-order valence-electron chi connectivity index (χ0n) is 18.7. The van der Waals surface area contributed by atoms with Gasteiger partial charge in [-0.15, -0.1) is 0 Å². The quantitative estimate of drug-likeness (QED) is 0.619. The minimum atomic E-state index is -0.733. The summed E-state index contributed by atoms with van der Waals surface area (Å²) in [6.07, 6.45) is 5.53. The maximum Gasteiger partial charge on any atom is 0.211 e. The molecule has 2 heterocycles. The van der Waals surface area contributed by atoms with Crippen molar-refractivity contribution in [1.82, 2.24) is 9.55 Å². The molecule has 3 aromatic rings.